The molecule has 0 bridgehead atoms. The van der Waals surface area contributed by atoms with Crippen molar-refractivity contribution in [1.29, 1.82) is 0 Å². The molecule has 0 heterocycles. The van der Waals surface area contributed by atoms with Gasteiger partial charge in [-0.2, -0.15) is 0 Å². The number of carbonyl (C=O) groups is 1. The van der Waals surface area contributed by atoms with Crippen LogP contribution in [0.3, 0.4) is 0 Å². The molecular weight excluding hydrogens is 900 g/mol. The number of quaternary nitrogens is 1. The summed E-state index contributed by atoms with van der Waals surface area (Å²) in [6, 6.07) is -0.925. The van der Waals surface area contributed by atoms with Gasteiger partial charge in [0.2, 0.25) is 5.91 Å². The molecule has 0 rings (SSSR count). The van der Waals surface area contributed by atoms with Gasteiger partial charge in [-0.15, -0.1) is 0 Å². The fourth-order valence-electron chi connectivity index (χ4n) is 8.03. The summed E-state index contributed by atoms with van der Waals surface area (Å²) < 4.78 is 23.3. The smallest absolute Gasteiger partial charge is 0.268 e. The summed E-state index contributed by atoms with van der Waals surface area (Å²) in [6.45, 7) is 4.50. The van der Waals surface area contributed by atoms with E-state index in [1.807, 2.05) is 27.2 Å². The Labute approximate surface area is 439 Å². The van der Waals surface area contributed by atoms with Crippen LogP contribution in [-0.2, 0) is 18.4 Å². The number of hydrogen-bond donors (Lipinski definition) is 2. The molecule has 0 aliphatic carbocycles. The van der Waals surface area contributed by atoms with Crippen molar-refractivity contribution in [2.75, 3.05) is 40.9 Å². The lowest BCUT2D eigenvalue weighted by molar-refractivity contribution is -0.870. The lowest BCUT2D eigenvalue weighted by atomic mass is 10.0. The summed E-state index contributed by atoms with van der Waals surface area (Å²) in [5.74, 6) is -0.256. The molecule has 0 aromatic rings. The molecule has 0 aliphatic rings. The van der Waals surface area contributed by atoms with Crippen LogP contribution in [0.2, 0.25) is 0 Å². The third kappa shape index (κ3) is 55.0. The van der Waals surface area contributed by atoms with Crippen LogP contribution in [0.25, 0.3) is 0 Å². The fraction of sp³-hybridized carbons (Fsp3) is 0.726. The highest BCUT2D eigenvalue weighted by Crippen LogP contribution is 2.38. The third-order valence-electron chi connectivity index (χ3n) is 12.5. The summed E-state index contributed by atoms with van der Waals surface area (Å²) in [5, 5.41) is 13.9. The maximum absolute atomic E-state index is 12.9. The van der Waals surface area contributed by atoms with E-state index in [0.29, 0.717) is 17.4 Å². The zero-order valence-corrected chi connectivity index (χ0v) is 47.5. The standard InChI is InChI=1S/C62H111N2O6P/c1-6-8-10-12-14-16-18-20-22-24-26-28-30-31-32-34-35-37-39-41-43-45-47-49-51-53-55-61(65)60(59-70-71(67,68)69-58-57-64(3,4)5)63-62(66)56-54-52-50-48-46-44-42-40-38-36-33-29-27-25-23-21-19-17-15-13-11-9-7-2/h9,11,15,17,21,23,27,29,36,38,42,44,48,50,53,55,60-61,65H,6-8,10,12-14,16,18-20,22,24-26,28,30-35,37,39-41,43,45-47,49,51-52,54,56-59H2,1-5H3,(H-,63,66,67,68)/b11-9-,17-15-,23-21-,29-27-,38-36-,44-42-,50-48-,55-53+. The maximum atomic E-state index is 12.9. The molecule has 3 atom stereocenters. The van der Waals surface area contributed by atoms with Gasteiger partial charge in [-0.25, -0.2) is 0 Å². The predicted molar refractivity (Wildman–Crippen MR) is 306 cm³/mol. The number of rotatable bonds is 52. The lowest BCUT2D eigenvalue weighted by Crippen LogP contribution is -2.45. The zero-order valence-electron chi connectivity index (χ0n) is 46.6. The van der Waals surface area contributed by atoms with Gasteiger partial charge < -0.3 is 28.8 Å². The van der Waals surface area contributed by atoms with Crippen molar-refractivity contribution in [3.63, 3.8) is 0 Å². The normalized spacial score (nSPS) is 14.6. The van der Waals surface area contributed by atoms with Crippen molar-refractivity contribution in [1.82, 2.24) is 5.32 Å². The van der Waals surface area contributed by atoms with Crippen LogP contribution >= 0.6 is 7.82 Å². The van der Waals surface area contributed by atoms with Crippen molar-refractivity contribution in [2.45, 2.75) is 251 Å². The molecule has 2 N–H and O–H groups in total. The number of carbonyl (C=O) groups excluding carboxylic acids is 1. The largest absolute Gasteiger partial charge is 0.756 e. The van der Waals surface area contributed by atoms with Gasteiger partial charge in [0, 0.05) is 6.42 Å². The molecule has 0 aliphatic heterocycles. The van der Waals surface area contributed by atoms with Crippen LogP contribution in [0.5, 0.6) is 0 Å². The van der Waals surface area contributed by atoms with Gasteiger partial charge in [0.05, 0.1) is 39.9 Å². The van der Waals surface area contributed by atoms with Crippen molar-refractivity contribution in [3.8, 4) is 0 Å². The molecule has 0 spiro atoms. The Balaban J connectivity index is 4.33. The van der Waals surface area contributed by atoms with Gasteiger partial charge in [-0.1, -0.05) is 259 Å². The van der Waals surface area contributed by atoms with Crippen molar-refractivity contribution < 1.29 is 32.9 Å². The van der Waals surface area contributed by atoms with Crippen LogP contribution in [0.4, 0.5) is 0 Å². The summed E-state index contributed by atoms with van der Waals surface area (Å²) in [7, 11) is 1.21. The first-order chi connectivity index (χ1) is 34.5. The molecule has 0 fully saturated rings. The number of likely N-dealkylation sites (N-methyl/N-ethyl adjacent to an activating group) is 1. The van der Waals surface area contributed by atoms with Crippen LogP contribution in [-0.4, -0.2) is 68.5 Å². The van der Waals surface area contributed by atoms with Crippen LogP contribution in [0.1, 0.15) is 239 Å². The van der Waals surface area contributed by atoms with Gasteiger partial charge in [0.25, 0.3) is 7.82 Å². The van der Waals surface area contributed by atoms with E-state index in [2.05, 4.69) is 104 Å². The Morgan fingerprint density at radius 2 is 0.859 bits per heavy atom. The molecule has 3 unspecified atom stereocenters. The molecular formula is C62H111N2O6P. The summed E-state index contributed by atoms with van der Waals surface area (Å²) in [6.07, 6.45) is 75.0. The number of nitrogens with one attached hydrogen (secondary N) is 1. The van der Waals surface area contributed by atoms with Crippen molar-refractivity contribution >= 4 is 13.7 Å². The number of aliphatic hydroxyl groups is 1. The first-order valence-electron chi connectivity index (χ1n) is 29.1. The molecule has 0 aromatic carbocycles. The highest BCUT2D eigenvalue weighted by Gasteiger charge is 2.23. The molecule has 0 saturated carbocycles. The monoisotopic (exact) mass is 1010 g/mol. The van der Waals surface area contributed by atoms with E-state index >= 15 is 0 Å². The first-order valence-corrected chi connectivity index (χ1v) is 30.6. The highest BCUT2D eigenvalue weighted by atomic mass is 31.2. The molecule has 71 heavy (non-hydrogen) atoms. The second-order valence-electron chi connectivity index (χ2n) is 20.6. The molecule has 0 saturated heterocycles. The Hall–Kier alpha value is -2.58. The van der Waals surface area contributed by atoms with E-state index in [4.69, 9.17) is 9.05 Å². The quantitative estimate of drug-likeness (QED) is 0.0272. The predicted octanol–water partition coefficient (Wildman–Crippen LogP) is 17.2. The Morgan fingerprint density at radius 1 is 0.507 bits per heavy atom. The van der Waals surface area contributed by atoms with Crippen LogP contribution < -0.4 is 10.2 Å². The van der Waals surface area contributed by atoms with Crippen LogP contribution in [0, 0.1) is 0 Å². The Kier molecular flexibility index (Phi) is 50.4. The van der Waals surface area contributed by atoms with Crippen molar-refractivity contribution in [2.24, 2.45) is 0 Å². The fourth-order valence-corrected chi connectivity index (χ4v) is 8.75. The number of allylic oxidation sites excluding steroid dienone is 15. The minimum absolute atomic E-state index is 0.0169. The van der Waals surface area contributed by atoms with Crippen LogP contribution in [0.15, 0.2) is 97.2 Å². The van der Waals surface area contributed by atoms with Gasteiger partial charge in [-0.05, 0) is 70.6 Å². The van der Waals surface area contributed by atoms with Gasteiger partial charge >= 0.3 is 0 Å². The number of phosphoric acid groups is 1. The lowest BCUT2D eigenvalue weighted by Gasteiger charge is -2.29. The molecule has 410 valence electrons. The van der Waals surface area contributed by atoms with E-state index in [9.17, 15) is 19.4 Å². The van der Waals surface area contributed by atoms with Crippen molar-refractivity contribution in [3.05, 3.63) is 97.2 Å². The number of phosphoric ester groups is 1. The Bertz CT molecular complexity index is 1470. The van der Waals surface area contributed by atoms with Gasteiger partial charge in [-0.3, -0.25) is 9.36 Å². The number of amides is 1. The van der Waals surface area contributed by atoms with E-state index in [1.54, 1.807) is 6.08 Å². The highest BCUT2D eigenvalue weighted by molar-refractivity contribution is 7.45. The third-order valence-corrected chi connectivity index (χ3v) is 13.5. The van der Waals surface area contributed by atoms with Gasteiger partial charge in [0.1, 0.15) is 13.2 Å². The second kappa shape index (κ2) is 52.3. The Morgan fingerprint density at radius 3 is 1.24 bits per heavy atom. The number of unbranched alkanes of at least 4 members (excludes halogenated alkanes) is 25. The van der Waals surface area contributed by atoms with E-state index in [-0.39, 0.29) is 18.9 Å². The summed E-state index contributed by atoms with van der Waals surface area (Å²) in [5.41, 5.74) is 0. The number of nitrogens with zero attached hydrogens (tertiary/aromatic N) is 1. The maximum Gasteiger partial charge on any atom is 0.268 e. The van der Waals surface area contributed by atoms with Gasteiger partial charge in [0.15, 0.2) is 0 Å². The molecule has 0 aromatic heterocycles. The number of hydrogen-bond acceptors (Lipinski definition) is 6. The molecule has 0 radical (unpaired) electrons. The minimum atomic E-state index is -4.62. The number of aliphatic hydroxyl groups excluding tert-OH is 1. The first kappa shape index (κ1) is 68.4. The average molecular weight is 1010 g/mol. The summed E-state index contributed by atoms with van der Waals surface area (Å²) in [4.78, 5) is 25.5. The topological polar surface area (TPSA) is 108 Å². The van der Waals surface area contributed by atoms with E-state index in [1.165, 1.54) is 141 Å². The molecule has 8 nitrogen and oxygen atoms in total. The van der Waals surface area contributed by atoms with E-state index < -0.39 is 26.6 Å². The van der Waals surface area contributed by atoms with E-state index in [0.717, 1.165) is 70.6 Å². The zero-order chi connectivity index (χ0) is 52.0. The summed E-state index contributed by atoms with van der Waals surface area (Å²) >= 11 is 0. The molecule has 9 heteroatoms. The SMILES string of the molecule is CC/C=C\C/C=C\C/C=C\C/C=C\C/C=C\C/C=C\C/C=C\CCCC(=O)NC(COP(=O)([O-])OCC[N+](C)(C)C)C(O)/C=C/CCCCCCCCCCCCCCCCCCCCCCCCCC. The minimum Gasteiger partial charge on any atom is -0.756 e. The second-order valence-corrected chi connectivity index (χ2v) is 22.0. The molecule has 1 amide bonds. The average Bonchev–Trinajstić information content (AvgIpc) is 3.33.